The summed E-state index contributed by atoms with van der Waals surface area (Å²) in [6.45, 7) is 1.89. The first-order chi connectivity index (χ1) is 17.6. The lowest BCUT2D eigenvalue weighted by molar-refractivity contribution is 0.627. The van der Waals surface area contributed by atoms with Crippen LogP contribution in [0.3, 0.4) is 0 Å². The molecule has 0 unspecified atom stereocenters. The molecule has 3 heterocycles. The Morgan fingerprint density at radius 3 is 2.28 bits per heavy atom. The van der Waals surface area contributed by atoms with E-state index in [1.807, 2.05) is 116 Å². The second-order valence-electron chi connectivity index (χ2n) is 8.53. The Hall–Kier alpha value is -4.91. The molecular weight excluding hydrogens is 450 g/mol. The SMILES string of the molecule is Cc1c(N=Cc2cn(-c3ccccc3)nc2-c2cc3ccccc3o2)c(=O)n(-c2ccccc2)n1C. The van der Waals surface area contributed by atoms with Crippen LogP contribution in [0.15, 0.2) is 111 Å². The van der Waals surface area contributed by atoms with Crippen molar-refractivity contribution in [2.45, 2.75) is 6.92 Å². The zero-order chi connectivity index (χ0) is 24.6. The molecule has 6 rings (SSSR count). The highest BCUT2D eigenvalue weighted by molar-refractivity contribution is 5.91. The van der Waals surface area contributed by atoms with Gasteiger partial charge in [-0.1, -0.05) is 54.6 Å². The van der Waals surface area contributed by atoms with Crippen LogP contribution in [-0.4, -0.2) is 25.4 Å². The highest BCUT2D eigenvalue weighted by Gasteiger charge is 2.18. The quantitative estimate of drug-likeness (QED) is 0.296. The van der Waals surface area contributed by atoms with Crippen LogP contribution < -0.4 is 5.56 Å². The van der Waals surface area contributed by atoms with Gasteiger partial charge < -0.3 is 4.42 Å². The van der Waals surface area contributed by atoms with Gasteiger partial charge >= 0.3 is 0 Å². The van der Waals surface area contributed by atoms with Gasteiger partial charge in [0.25, 0.3) is 5.56 Å². The minimum Gasteiger partial charge on any atom is -0.454 e. The number of furan rings is 1. The molecule has 7 heteroatoms. The van der Waals surface area contributed by atoms with Crippen LogP contribution >= 0.6 is 0 Å². The number of aliphatic imine (C=N–C) groups is 1. The van der Waals surface area contributed by atoms with Crippen molar-refractivity contribution in [3.63, 3.8) is 0 Å². The van der Waals surface area contributed by atoms with Gasteiger partial charge in [-0.15, -0.1) is 0 Å². The molecule has 0 spiro atoms. The molecule has 3 aromatic heterocycles. The van der Waals surface area contributed by atoms with Crippen LogP contribution in [0.1, 0.15) is 11.3 Å². The van der Waals surface area contributed by atoms with E-state index in [4.69, 9.17) is 9.52 Å². The fourth-order valence-corrected chi connectivity index (χ4v) is 4.32. The van der Waals surface area contributed by atoms with E-state index in [1.165, 1.54) is 0 Å². The first-order valence-electron chi connectivity index (χ1n) is 11.6. The normalized spacial score (nSPS) is 11.6. The first-order valence-corrected chi connectivity index (χ1v) is 11.6. The second kappa shape index (κ2) is 8.70. The van der Waals surface area contributed by atoms with Crippen LogP contribution in [-0.2, 0) is 7.05 Å². The van der Waals surface area contributed by atoms with E-state index in [1.54, 1.807) is 15.6 Å². The summed E-state index contributed by atoms with van der Waals surface area (Å²) in [6.07, 6.45) is 3.59. The van der Waals surface area contributed by atoms with Crippen molar-refractivity contribution in [1.29, 1.82) is 0 Å². The molecule has 0 amide bonds. The average Bonchev–Trinajstić information content (AvgIpc) is 3.59. The van der Waals surface area contributed by atoms with Gasteiger partial charge in [0.05, 0.1) is 17.1 Å². The molecule has 7 nitrogen and oxygen atoms in total. The van der Waals surface area contributed by atoms with E-state index >= 15 is 0 Å². The van der Waals surface area contributed by atoms with Gasteiger partial charge in [-0.05, 0) is 43.3 Å². The summed E-state index contributed by atoms with van der Waals surface area (Å²) < 4.78 is 11.4. The molecule has 0 aliphatic heterocycles. The van der Waals surface area contributed by atoms with Gasteiger partial charge in [0, 0.05) is 30.4 Å². The van der Waals surface area contributed by atoms with Crippen molar-refractivity contribution in [2.75, 3.05) is 0 Å². The molecular formula is C29H23N5O2. The molecule has 0 aliphatic rings. The van der Waals surface area contributed by atoms with Crippen molar-refractivity contribution in [3.05, 3.63) is 119 Å². The maximum atomic E-state index is 13.3. The van der Waals surface area contributed by atoms with Crippen molar-refractivity contribution in [2.24, 2.45) is 12.0 Å². The van der Waals surface area contributed by atoms with E-state index in [-0.39, 0.29) is 5.56 Å². The molecule has 176 valence electrons. The summed E-state index contributed by atoms with van der Waals surface area (Å²) in [5, 5.41) is 5.81. The lowest BCUT2D eigenvalue weighted by Crippen LogP contribution is -2.19. The molecule has 6 aromatic rings. The molecule has 0 fully saturated rings. The second-order valence-corrected chi connectivity index (χ2v) is 8.53. The molecule has 0 bridgehead atoms. The number of aromatic nitrogens is 4. The van der Waals surface area contributed by atoms with Crippen LogP contribution in [0.25, 0.3) is 33.8 Å². The third-order valence-corrected chi connectivity index (χ3v) is 6.28. The lowest BCUT2D eigenvalue weighted by Gasteiger charge is -2.07. The van der Waals surface area contributed by atoms with E-state index < -0.39 is 0 Å². The maximum absolute atomic E-state index is 13.3. The van der Waals surface area contributed by atoms with E-state index in [0.29, 0.717) is 17.1 Å². The van der Waals surface area contributed by atoms with E-state index in [9.17, 15) is 4.79 Å². The molecule has 0 radical (unpaired) electrons. The van der Waals surface area contributed by atoms with E-state index in [0.717, 1.165) is 33.6 Å². The highest BCUT2D eigenvalue weighted by atomic mass is 16.3. The fourth-order valence-electron chi connectivity index (χ4n) is 4.32. The summed E-state index contributed by atoms with van der Waals surface area (Å²) in [4.78, 5) is 18.0. The number of nitrogens with zero attached hydrogens (tertiary/aromatic N) is 5. The third-order valence-electron chi connectivity index (χ3n) is 6.28. The van der Waals surface area contributed by atoms with E-state index in [2.05, 4.69) is 4.99 Å². The van der Waals surface area contributed by atoms with Gasteiger partial charge in [-0.2, -0.15) is 5.10 Å². The standard InChI is InChI=1S/C29H23N5O2/c1-20-27(29(35)34(32(20)2)24-14-7-4-8-15-24)30-18-22-19-33(23-12-5-3-6-13-23)31-28(22)26-17-21-11-9-10-16-25(21)36-26/h3-19H,1-2H3. The molecule has 3 aromatic carbocycles. The summed E-state index contributed by atoms with van der Waals surface area (Å²) in [5.41, 5.74) is 4.84. The van der Waals surface area contributed by atoms with Crippen LogP contribution in [0.2, 0.25) is 0 Å². The summed E-state index contributed by atoms with van der Waals surface area (Å²) in [5.74, 6) is 0.638. The van der Waals surface area contributed by atoms with Crippen LogP contribution in [0.4, 0.5) is 5.69 Å². The number of para-hydroxylation sites is 3. The number of benzene rings is 3. The molecule has 0 saturated carbocycles. The predicted molar refractivity (Wildman–Crippen MR) is 142 cm³/mol. The van der Waals surface area contributed by atoms with Gasteiger partial charge in [-0.3, -0.25) is 9.48 Å². The zero-order valence-corrected chi connectivity index (χ0v) is 19.9. The molecule has 36 heavy (non-hydrogen) atoms. The minimum atomic E-state index is -0.182. The van der Waals surface area contributed by atoms with Crippen LogP contribution in [0.5, 0.6) is 0 Å². The van der Waals surface area contributed by atoms with Crippen molar-refractivity contribution < 1.29 is 4.42 Å². The number of hydrogen-bond acceptors (Lipinski definition) is 4. The Balaban J connectivity index is 1.48. The van der Waals surface area contributed by atoms with Crippen LogP contribution in [0, 0.1) is 6.92 Å². The lowest BCUT2D eigenvalue weighted by atomic mass is 10.2. The predicted octanol–water partition coefficient (Wildman–Crippen LogP) is 5.83. The van der Waals surface area contributed by atoms with Crippen molar-refractivity contribution in [3.8, 4) is 22.8 Å². The van der Waals surface area contributed by atoms with Gasteiger partial charge in [0.15, 0.2) is 11.4 Å². The highest BCUT2D eigenvalue weighted by Crippen LogP contribution is 2.29. The minimum absolute atomic E-state index is 0.182. The van der Waals surface area contributed by atoms with Crippen molar-refractivity contribution >= 4 is 22.9 Å². The molecule has 0 atom stereocenters. The third kappa shape index (κ3) is 3.67. The molecule has 0 N–H and O–H groups in total. The Labute approximate surface area is 207 Å². The monoisotopic (exact) mass is 473 g/mol. The zero-order valence-electron chi connectivity index (χ0n) is 19.9. The molecule has 0 aliphatic carbocycles. The Kier molecular flexibility index (Phi) is 5.22. The Morgan fingerprint density at radius 1 is 0.889 bits per heavy atom. The number of hydrogen-bond donors (Lipinski definition) is 0. The van der Waals surface area contributed by atoms with Gasteiger partial charge in [-0.25, -0.2) is 14.4 Å². The number of rotatable bonds is 5. The van der Waals surface area contributed by atoms with Gasteiger partial charge in [0.1, 0.15) is 11.3 Å². The maximum Gasteiger partial charge on any atom is 0.297 e. The fraction of sp³-hybridized carbons (Fsp3) is 0.0690. The topological polar surface area (TPSA) is 70.2 Å². The summed E-state index contributed by atoms with van der Waals surface area (Å²) in [7, 11) is 1.86. The Morgan fingerprint density at radius 2 is 1.56 bits per heavy atom. The Bertz CT molecular complexity index is 1740. The molecule has 0 saturated heterocycles. The number of fused-ring (bicyclic) bond motifs is 1. The first kappa shape index (κ1) is 21.6. The summed E-state index contributed by atoms with van der Waals surface area (Å²) in [6, 6.07) is 29.2. The average molecular weight is 474 g/mol. The van der Waals surface area contributed by atoms with Crippen molar-refractivity contribution in [1.82, 2.24) is 19.1 Å². The van der Waals surface area contributed by atoms with Gasteiger partial charge in [0.2, 0.25) is 0 Å². The smallest absolute Gasteiger partial charge is 0.297 e. The largest absolute Gasteiger partial charge is 0.454 e. The summed E-state index contributed by atoms with van der Waals surface area (Å²) >= 11 is 0.